The van der Waals surface area contributed by atoms with E-state index in [4.69, 9.17) is 26.2 Å². The van der Waals surface area contributed by atoms with Crippen LogP contribution in [0.5, 0.6) is 0 Å². The third-order valence-corrected chi connectivity index (χ3v) is 13.5. The van der Waals surface area contributed by atoms with Crippen LogP contribution in [0.3, 0.4) is 0 Å². The fourth-order valence-electron chi connectivity index (χ4n) is 7.59. The predicted molar refractivity (Wildman–Crippen MR) is 232 cm³/mol. The van der Waals surface area contributed by atoms with E-state index in [9.17, 15) is 14.4 Å². The smallest absolute Gasteiger partial charge is 0.316 e. The molecule has 3 atom stereocenters. The molecule has 5 aromatic carbocycles. The standard InChI is InChI=1S/C46H40ClN5O5S2/c1-56-51-37(36-27-58-44(48-36)50-46(33-21-11-4-12-22-33,34-23-13-5-14-24-34)35-25-15-6-16-26-35)40(53)49-38-41(54)52-29-45(28-47,30-59-42(38)52)43(55)57-39(31-17-7-2-8-18-31)32-19-9-3-10-20-32/h2-27,38-39,42H,28-30H2,1H3,(H,48,50)(H,49,53)/t38?,42-,45?/m1/s1. The van der Waals surface area contributed by atoms with E-state index in [1.807, 2.05) is 115 Å². The van der Waals surface area contributed by atoms with Crippen molar-refractivity contribution in [3.8, 4) is 0 Å². The van der Waals surface area contributed by atoms with Crippen molar-refractivity contribution in [2.45, 2.75) is 23.1 Å². The Hall–Kier alpha value is -5.95. The van der Waals surface area contributed by atoms with Gasteiger partial charge in [-0.1, -0.05) is 157 Å². The fourth-order valence-corrected chi connectivity index (χ4v) is 10.3. The first-order chi connectivity index (χ1) is 28.9. The summed E-state index contributed by atoms with van der Waals surface area (Å²) in [7, 11) is 1.35. The summed E-state index contributed by atoms with van der Waals surface area (Å²) in [6.07, 6.45) is -0.654. The Kier molecular flexibility index (Phi) is 11.8. The van der Waals surface area contributed by atoms with Crippen molar-refractivity contribution in [1.29, 1.82) is 0 Å². The first-order valence-electron chi connectivity index (χ1n) is 19.0. The van der Waals surface area contributed by atoms with Gasteiger partial charge in [0, 0.05) is 23.6 Å². The van der Waals surface area contributed by atoms with Crippen LogP contribution in [0, 0.1) is 5.41 Å². The monoisotopic (exact) mass is 841 g/mol. The van der Waals surface area contributed by atoms with Crippen molar-refractivity contribution in [2.75, 3.05) is 30.6 Å². The number of aromatic nitrogens is 1. The Morgan fingerprint density at radius 3 is 1.85 bits per heavy atom. The summed E-state index contributed by atoms with van der Waals surface area (Å²) in [5, 5.41) is 12.5. The van der Waals surface area contributed by atoms with Crippen LogP contribution in [0.25, 0.3) is 0 Å². The van der Waals surface area contributed by atoms with E-state index in [1.54, 1.807) is 10.3 Å². The first kappa shape index (κ1) is 39.9. The largest absolute Gasteiger partial charge is 0.452 e. The van der Waals surface area contributed by atoms with Gasteiger partial charge in [-0.3, -0.25) is 14.4 Å². The molecule has 3 heterocycles. The summed E-state index contributed by atoms with van der Waals surface area (Å²) in [4.78, 5) is 53.3. The summed E-state index contributed by atoms with van der Waals surface area (Å²) in [6.45, 7) is 0.0562. The number of esters is 1. The minimum atomic E-state index is -1.16. The lowest BCUT2D eigenvalue weighted by molar-refractivity contribution is -0.164. The third kappa shape index (κ3) is 7.83. The van der Waals surface area contributed by atoms with Gasteiger partial charge in [-0.15, -0.1) is 34.7 Å². The highest BCUT2D eigenvalue weighted by Gasteiger charge is 2.58. The van der Waals surface area contributed by atoms with Crippen molar-refractivity contribution < 1.29 is 24.0 Å². The average molecular weight is 842 g/mol. The summed E-state index contributed by atoms with van der Waals surface area (Å²) in [5.41, 5.74) is 2.82. The molecule has 0 bridgehead atoms. The molecule has 2 aliphatic heterocycles. The number of hydrogen-bond acceptors (Lipinski definition) is 10. The molecule has 6 aromatic rings. The average Bonchev–Trinajstić information content (AvgIpc) is 3.77. The van der Waals surface area contributed by atoms with Gasteiger partial charge in [0.1, 0.15) is 35.2 Å². The molecule has 1 aromatic heterocycles. The Labute approximate surface area is 355 Å². The zero-order chi connectivity index (χ0) is 40.8. The number of amides is 2. The van der Waals surface area contributed by atoms with Crippen LogP contribution in [-0.4, -0.2) is 70.1 Å². The number of halogens is 1. The molecule has 0 aliphatic carbocycles. The number of rotatable bonds is 14. The summed E-state index contributed by atoms with van der Waals surface area (Å²) < 4.78 is 6.22. The van der Waals surface area contributed by atoms with E-state index < -0.39 is 40.4 Å². The Morgan fingerprint density at radius 1 is 0.847 bits per heavy atom. The van der Waals surface area contributed by atoms with Crippen molar-refractivity contribution in [3.63, 3.8) is 0 Å². The Morgan fingerprint density at radius 2 is 1.36 bits per heavy atom. The number of alkyl halides is 1. The molecule has 2 aliphatic rings. The SMILES string of the molecule is CON=C(C(=O)NC1C(=O)N2CC(CCl)(C(=O)OC(c3ccccc3)c3ccccc3)CS[C@H]12)c1csc(NC(c2ccccc2)(c2ccccc2)c2ccccc2)n1. The highest BCUT2D eigenvalue weighted by molar-refractivity contribution is 8.00. The molecule has 13 heteroatoms. The van der Waals surface area contributed by atoms with Gasteiger partial charge >= 0.3 is 5.97 Å². The zero-order valence-electron chi connectivity index (χ0n) is 31.9. The van der Waals surface area contributed by atoms with Gasteiger partial charge in [0.15, 0.2) is 16.9 Å². The lowest BCUT2D eigenvalue weighted by Gasteiger charge is -2.53. The fraction of sp³-hybridized carbons (Fsp3) is 0.196. The quantitative estimate of drug-likeness (QED) is 0.0284. The van der Waals surface area contributed by atoms with Gasteiger partial charge in [0.05, 0.1) is 0 Å². The normalized spacial score (nSPS) is 19.0. The molecule has 298 valence electrons. The number of thioether (sulfide) groups is 1. The molecule has 0 radical (unpaired) electrons. The number of β-lactam (4-membered cyclic amide) rings is 1. The second-order valence-electron chi connectivity index (χ2n) is 14.3. The molecule has 2 fully saturated rings. The van der Waals surface area contributed by atoms with Crippen molar-refractivity contribution in [1.82, 2.24) is 15.2 Å². The Bertz CT molecular complexity index is 2290. The number of hydrogen-bond donors (Lipinski definition) is 2. The van der Waals surface area contributed by atoms with E-state index >= 15 is 0 Å². The number of benzene rings is 5. The van der Waals surface area contributed by atoms with Gasteiger partial charge in [0.2, 0.25) is 5.91 Å². The van der Waals surface area contributed by atoms with E-state index in [1.165, 1.54) is 30.2 Å². The van der Waals surface area contributed by atoms with Gasteiger partial charge in [-0.2, -0.15) is 0 Å². The number of fused-ring (bicyclic) bond motifs is 1. The van der Waals surface area contributed by atoms with Gasteiger partial charge in [0.25, 0.3) is 5.91 Å². The third-order valence-electron chi connectivity index (χ3n) is 10.6. The molecule has 8 rings (SSSR count). The van der Waals surface area contributed by atoms with Crippen LogP contribution in [-0.2, 0) is 29.5 Å². The molecule has 2 saturated heterocycles. The molecule has 59 heavy (non-hydrogen) atoms. The lowest BCUT2D eigenvalue weighted by Crippen LogP contribution is -2.74. The zero-order valence-corrected chi connectivity index (χ0v) is 34.3. The molecule has 2 amide bonds. The van der Waals surface area contributed by atoms with E-state index in [-0.39, 0.29) is 29.7 Å². The maximum atomic E-state index is 14.0. The van der Waals surface area contributed by atoms with Gasteiger partial charge in [-0.25, -0.2) is 4.98 Å². The van der Waals surface area contributed by atoms with Crippen LogP contribution < -0.4 is 10.6 Å². The highest BCUT2D eigenvalue weighted by atomic mass is 35.5. The maximum Gasteiger partial charge on any atom is 0.316 e. The second kappa shape index (κ2) is 17.5. The van der Waals surface area contributed by atoms with Gasteiger partial charge in [-0.05, 0) is 27.8 Å². The number of oxime groups is 1. The number of ether oxygens (including phenoxy) is 1. The van der Waals surface area contributed by atoms with Crippen molar-refractivity contribution in [2.24, 2.45) is 10.6 Å². The number of thiazole rings is 1. The summed E-state index contributed by atoms with van der Waals surface area (Å²) in [6, 6.07) is 48.5. The highest BCUT2D eigenvalue weighted by Crippen LogP contribution is 2.45. The lowest BCUT2D eigenvalue weighted by atomic mass is 9.77. The maximum absolute atomic E-state index is 14.0. The molecule has 10 nitrogen and oxygen atoms in total. The van der Waals surface area contributed by atoms with E-state index in [2.05, 4.69) is 52.2 Å². The molecule has 0 saturated carbocycles. The van der Waals surface area contributed by atoms with E-state index in [0.717, 1.165) is 27.8 Å². The molecule has 2 unspecified atom stereocenters. The number of carbonyl (C=O) groups is 3. The minimum absolute atomic E-state index is 0.0480. The predicted octanol–water partition coefficient (Wildman–Crippen LogP) is 7.86. The molecule has 0 spiro atoms. The number of nitrogens with zero attached hydrogens (tertiary/aromatic N) is 3. The first-order valence-corrected chi connectivity index (χ1v) is 21.4. The van der Waals surface area contributed by atoms with Crippen LogP contribution in [0.2, 0.25) is 0 Å². The van der Waals surface area contributed by atoms with Crippen molar-refractivity contribution in [3.05, 3.63) is 191 Å². The number of carbonyl (C=O) groups excluding carboxylic acids is 3. The molecule has 2 N–H and O–H groups in total. The van der Waals surface area contributed by atoms with Crippen LogP contribution in [0.4, 0.5) is 5.13 Å². The van der Waals surface area contributed by atoms with Crippen LogP contribution >= 0.6 is 34.7 Å². The molecular weight excluding hydrogens is 802 g/mol. The summed E-state index contributed by atoms with van der Waals surface area (Å²) in [5.74, 6) is -1.21. The second-order valence-corrected chi connectivity index (χ2v) is 16.5. The van der Waals surface area contributed by atoms with Gasteiger partial charge < -0.3 is 25.1 Å². The van der Waals surface area contributed by atoms with Crippen molar-refractivity contribution >= 4 is 63.3 Å². The number of nitrogens with one attached hydrogen (secondary N) is 2. The number of anilines is 1. The van der Waals surface area contributed by atoms with Crippen LogP contribution in [0.15, 0.2) is 162 Å². The summed E-state index contributed by atoms with van der Waals surface area (Å²) >= 11 is 9.24. The van der Waals surface area contributed by atoms with Crippen LogP contribution in [0.1, 0.15) is 39.6 Å². The minimum Gasteiger partial charge on any atom is -0.452 e. The van der Waals surface area contributed by atoms with E-state index in [0.29, 0.717) is 10.9 Å². The molecular formula is C46H40ClN5O5S2. The Balaban J connectivity index is 0.990. The topological polar surface area (TPSA) is 122 Å².